The van der Waals surface area contributed by atoms with Crippen LogP contribution in [0.25, 0.3) is 0 Å². The highest BCUT2D eigenvalue weighted by atomic mass is 16.5. The van der Waals surface area contributed by atoms with Crippen molar-refractivity contribution in [3.63, 3.8) is 0 Å². The maximum Gasteiger partial charge on any atom is 0.411 e. The van der Waals surface area contributed by atoms with E-state index in [9.17, 15) is 9.59 Å². The number of aryl methyl sites for hydroxylation is 2. The molecule has 0 unspecified atom stereocenters. The number of nitrogens with zero attached hydrogens (tertiary/aromatic N) is 3. The van der Waals surface area contributed by atoms with Crippen molar-refractivity contribution in [3.8, 4) is 0 Å². The fourth-order valence-corrected chi connectivity index (χ4v) is 3.23. The van der Waals surface area contributed by atoms with Crippen LogP contribution in [0.5, 0.6) is 0 Å². The Kier molecular flexibility index (Phi) is 12.4. The van der Waals surface area contributed by atoms with E-state index in [1.807, 2.05) is 13.0 Å². The molecule has 0 atom stereocenters. The number of ether oxygens (including phenoxy) is 2. The fraction of sp³-hybridized carbons (Fsp3) is 0.393. The van der Waals surface area contributed by atoms with Gasteiger partial charge < -0.3 is 14.4 Å². The lowest BCUT2D eigenvalue weighted by atomic mass is 10.2. The topological polar surface area (TPSA) is 85.7 Å². The lowest BCUT2D eigenvalue weighted by Crippen LogP contribution is -2.23. The number of benzene rings is 2. The van der Waals surface area contributed by atoms with Crippen molar-refractivity contribution in [2.45, 2.75) is 40.3 Å². The van der Waals surface area contributed by atoms with Crippen molar-refractivity contribution < 1.29 is 14.3 Å². The largest absolute Gasteiger partial charge is 0.450 e. The minimum absolute atomic E-state index is 0.163. The van der Waals surface area contributed by atoms with Gasteiger partial charge in [-0.3, -0.25) is 10.1 Å². The highest BCUT2D eigenvalue weighted by Gasteiger charge is 2.04. The number of hydrogen-bond donors (Lipinski definition) is 1. The molecular weight excluding hydrogens is 456 g/mol. The molecule has 1 heterocycles. The van der Waals surface area contributed by atoms with E-state index in [0.717, 1.165) is 37.4 Å². The van der Waals surface area contributed by atoms with Crippen molar-refractivity contribution in [2.24, 2.45) is 0 Å². The smallest absolute Gasteiger partial charge is 0.411 e. The first-order chi connectivity index (χ1) is 17.3. The number of carbonyl (C=O) groups excluding carboxylic acids is 1. The summed E-state index contributed by atoms with van der Waals surface area (Å²) in [5.74, 6) is 0. The molecule has 0 radical (unpaired) electrons. The van der Waals surface area contributed by atoms with E-state index in [0.29, 0.717) is 18.8 Å². The first-order valence-electron chi connectivity index (χ1n) is 12.1. The van der Waals surface area contributed by atoms with E-state index in [-0.39, 0.29) is 5.56 Å². The molecule has 36 heavy (non-hydrogen) atoms. The molecule has 0 spiro atoms. The van der Waals surface area contributed by atoms with Gasteiger partial charge in [-0.1, -0.05) is 42.0 Å². The Morgan fingerprint density at radius 1 is 1.03 bits per heavy atom. The molecule has 8 heteroatoms. The number of aromatic nitrogens is 2. The van der Waals surface area contributed by atoms with Gasteiger partial charge in [0.2, 0.25) is 0 Å². The zero-order valence-electron chi connectivity index (χ0n) is 22.0. The Bertz CT molecular complexity index is 1130. The van der Waals surface area contributed by atoms with Gasteiger partial charge in [0.25, 0.3) is 5.56 Å². The number of amides is 1. The minimum Gasteiger partial charge on any atom is -0.450 e. The van der Waals surface area contributed by atoms with Crippen molar-refractivity contribution in [1.29, 1.82) is 0 Å². The van der Waals surface area contributed by atoms with Crippen molar-refractivity contribution in [3.05, 3.63) is 93.4 Å². The van der Waals surface area contributed by atoms with Crippen LogP contribution in [-0.4, -0.2) is 54.6 Å². The van der Waals surface area contributed by atoms with Crippen molar-refractivity contribution in [1.82, 2.24) is 14.7 Å². The second-order valence-electron chi connectivity index (χ2n) is 8.71. The molecule has 1 amide bonds. The van der Waals surface area contributed by atoms with E-state index in [2.05, 4.69) is 60.6 Å². The molecule has 0 aliphatic rings. The molecule has 3 rings (SSSR count). The van der Waals surface area contributed by atoms with Crippen LogP contribution in [0.15, 0.2) is 65.5 Å². The maximum absolute atomic E-state index is 11.7. The van der Waals surface area contributed by atoms with Crippen molar-refractivity contribution in [2.75, 3.05) is 39.2 Å². The van der Waals surface area contributed by atoms with E-state index in [1.165, 1.54) is 21.9 Å². The SMILES string of the molecule is CCOC(=O)Nc1cccc(Cn2nc(C)ccc2=O)c1.Cc1ccc(COCCCN(C)C)cc1. The number of carbonyl (C=O) groups is 1. The molecule has 2 aromatic carbocycles. The third-order valence-electron chi connectivity index (χ3n) is 5.06. The van der Waals surface area contributed by atoms with Gasteiger partial charge in [0.05, 0.1) is 25.5 Å². The molecule has 0 saturated carbocycles. The zero-order valence-corrected chi connectivity index (χ0v) is 22.0. The van der Waals surface area contributed by atoms with Crippen LogP contribution in [-0.2, 0) is 22.6 Å². The predicted octanol–water partition coefficient (Wildman–Crippen LogP) is 4.63. The van der Waals surface area contributed by atoms with Crippen LogP contribution < -0.4 is 10.9 Å². The second-order valence-corrected chi connectivity index (χ2v) is 8.71. The van der Waals surface area contributed by atoms with Crippen LogP contribution in [0.3, 0.4) is 0 Å². The third kappa shape index (κ3) is 11.3. The molecule has 0 bridgehead atoms. The lowest BCUT2D eigenvalue weighted by Gasteiger charge is -2.09. The van der Waals surface area contributed by atoms with Gasteiger partial charge in [-0.05, 0) is 77.2 Å². The summed E-state index contributed by atoms with van der Waals surface area (Å²) in [5, 5.41) is 6.81. The molecule has 1 aromatic heterocycles. The zero-order chi connectivity index (χ0) is 26.3. The van der Waals surface area contributed by atoms with Gasteiger partial charge in [-0.2, -0.15) is 5.10 Å². The Morgan fingerprint density at radius 2 is 1.78 bits per heavy atom. The Labute approximate surface area is 213 Å². The molecule has 3 aromatic rings. The molecule has 8 nitrogen and oxygen atoms in total. The fourth-order valence-electron chi connectivity index (χ4n) is 3.23. The second kappa shape index (κ2) is 15.5. The highest BCUT2D eigenvalue weighted by molar-refractivity contribution is 5.84. The number of hydrogen-bond acceptors (Lipinski definition) is 6. The number of rotatable bonds is 10. The van der Waals surface area contributed by atoms with Crippen LogP contribution in [0.2, 0.25) is 0 Å². The van der Waals surface area contributed by atoms with E-state index >= 15 is 0 Å². The summed E-state index contributed by atoms with van der Waals surface area (Å²) >= 11 is 0. The van der Waals surface area contributed by atoms with E-state index in [4.69, 9.17) is 9.47 Å². The van der Waals surface area contributed by atoms with Gasteiger partial charge in [-0.25, -0.2) is 9.48 Å². The summed E-state index contributed by atoms with van der Waals surface area (Å²) in [4.78, 5) is 25.3. The van der Waals surface area contributed by atoms with Gasteiger partial charge in [0.1, 0.15) is 0 Å². The summed E-state index contributed by atoms with van der Waals surface area (Å²) in [6, 6.07) is 18.9. The lowest BCUT2D eigenvalue weighted by molar-refractivity contribution is 0.113. The average Bonchev–Trinajstić information content (AvgIpc) is 2.83. The summed E-state index contributed by atoms with van der Waals surface area (Å²) in [6.07, 6.45) is 0.597. The molecule has 1 N–H and O–H groups in total. The van der Waals surface area contributed by atoms with E-state index < -0.39 is 6.09 Å². The maximum atomic E-state index is 11.7. The Morgan fingerprint density at radius 3 is 2.47 bits per heavy atom. The van der Waals surface area contributed by atoms with Crippen LogP contribution in [0.1, 0.15) is 35.7 Å². The monoisotopic (exact) mass is 494 g/mol. The van der Waals surface area contributed by atoms with Crippen molar-refractivity contribution >= 4 is 11.8 Å². The summed E-state index contributed by atoms with van der Waals surface area (Å²) in [7, 11) is 4.17. The van der Waals surface area contributed by atoms with Crippen LogP contribution in [0.4, 0.5) is 10.5 Å². The summed E-state index contributed by atoms with van der Waals surface area (Å²) in [6.45, 7) is 8.99. The summed E-state index contributed by atoms with van der Waals surface area (Å²) < 4.78 is 11.8. The quantitative estimate of drug-likeness (QED) is 0.414. The predicted molar refractivity (Wildman–Crippen MR) is 143 cm³/mol. The molecule has 0 aliphatic carbocycles. The Balaban J connectivity index is 0.000000269. The standard InChI is InChI=1S/C15H17N3O3.C13H21NO/c1-3-21-15(20)16-13-6-4-5-12(9-13)10-18-14(19)8-7-11(2)17-18;1-12-5-7-13(8-6-12)11-15-10-4-9-14(2)3/h4-9H,3,10H2,1-2H3,(H,16,20);5-8H,4,9-11H2,1-3H3. The molecule has 0 aliphatic heterocycles. The Hall–Kier alpha value is -3.49. The number of nitrogens with one attached hydrogen (secondary N) is 1. The van der Waals surface area contributed by atoms with E-state index in [1.54, 1.807) is 31.2 Å². The normalized spacial score (nSPS) is 10.5. The van der Waals surface area contributed by atoms with Gasteiger partial charge in [0.15, 0.2) is 0 Å². The molecule has 0 saturated heterocycles. The van der Waals surface area contributed by atoms with Gasteiger partial charge >= 0.3 is 6.09 Å². The third-order valence-corrected chi connectivity index (χ3v) is 5.06. The van der Waals surface area contributed by atoms with Crippen LogP contribution in [0, 0.1) is 13.8 Å². The van der Waals surface area contributed by atoms with Gasteiger partial charge in [0, 0.05) is 18.4 Å². The van der Waals surface area contributed by atoms with Gasteiger partial charge in [-0.15, -0.1) is 0 Å². The highest BCUT2D eigenvalue weighted by Crippen LogP contribution is 2.11. The average molecular weight is 495 g/mol. The number of anilines is 1. The summed E-state index contributed by atoms with van der Waals surface area (Å²) in [5.41, 5.74) is 4.65. The molecular formula is C28H38N4O4. The molecule has 194 valence electrons. The first-order valence-corrected chi connectivity index (χ1v) is 12.1. The minimum atomic E-state index is -0.500. The van der Waals surface area contributed by atoms with Crippen LogP contribution >= 0.6 is 0 Å². The molecule has 0 fully saturated rings. The first kappa shape index (κ1) is 28.7.